The molecule has 1 aromatic carbocycles. The quantitative estimate of drug-likeness (QED) is 0.613. The third-order valence-corrected chi connectivity index (χ3v) is 5.97. The topological polar surface area (TPSA) is 70.4 Å². The van der Waals surface area contributed by atoms with E-state index >= 15 is 0 Å². The predicted octanol–water partition coefficient (Wildman–Crippen LogP) is 4.32. The molecule has 9 heteroatoms. The third kappa shape index (κ3) is 4.24. The third-order valence-electron chi connectivity index (χ3n) is 5.97. The molecule has 6 nitrogen and oxygen atoms in total. The van der Waals surface area contributed by atoms with Crippen LogP contribution in [0, 0.1) is 0 Å². The summed E-state index contributed by atoms with van der Waals surface area (Å²) in [5.74, 6) is -0.379. The fourth-order valence-corrected chi connectivity index (χ4v) is 4.21. The van der Waals surface area contributed by atoms with E-state index in [9.17, 15) is 23.1 Å². The van der Waals surface area contributed by atoms with E-state index in [-0.39, 0.29) is 24.0 Å². The van der Waals surface area contributed by atoms with Crippen LogP contribution in [0.15, 0.2) is 36.5 Å². The van der Waals surface area contributed by atoms with Gasteiger partial charge >= 0.3 is 6.18 Å². The normalized spacial score (nSPS) is 15.3. The SMILES string of the molecule is CC(C(=O)NCc1ccc(C(F)(F)F)nc1N1CCCC1)c1cn(C)c2ccc(O)cc12. The molecule has 32 heavy (non-hydrogen) atoms. The number of rotatable bonds is 5. The van der Waals surface area contributed by atoms with E-state index in [0.717, 1.165) is 35.4 Å². The van der Waals surface area contributed by atoms with Crippen LogP contribution >= 0.6 is 0 Å². The average Bonchev–Trinajstić information content (AvgIpc) is 3.39. The second-order valence-electron chi connectivity index (χ2n) is 8.21. The van der Waals surface area contributed by atoms with Gasteiger partial charge in [0.15, 0.2) is 0 Å². The molecule has 4 rings (SSSR count). The van der Waals surface area contributed by atoms with Crippen molar-refractivity contribution in [3.05, 3.63) is 53.3 Å². The van der Waals surface area contributed by atoms with Crippen molar-refractivity contribution in [2.24, 2.45) is 7.05 Å². The van der Waals surface area contributed by atoms with E-state index in [4.69, 9.17) is 0 Å². The minimum atomic E-state index is -4.52. The molecule has 1 amide bonds. The molecule has 1 aliphatic heterocycles. The zero-order chi connectivity index (χ0) is 23.0. The van der Waals surface area contributed by atoms with Gasteiger partial charge in [-0.1, -0.05) is 6.07 Å². The number of phenols is 1. The number of hydrogen-bond donors (Lipinski definition) is 2. The number of hydrogen-bond acceptors (Lipinski definition) is 4. The Balaban J connectivity index is 1.56. The number of fused-ring (bicyclic) bond motifs is 1. The number of phenolic OH excluding ortho intramolecular Hbond substituents is 1. The molecule has 1 unspecified atom stereocenters. The van der Waals surface area contributed by atoms with Crippen molar-refractivity contribution in [1.29, 1.82) is 0 Å². The lowest BCUT2D eigenvalue weighted by atomic mass is 9.99. The number of alkyl halides is 3. The molecule has 170 valence electrons. The Morgan fingerprint density at radius 2 is 1.94 bits per heavy atom. The second kappa shape index (κ2) is 8.37. The number of nitrogens with one attached hydrogen (secondary N) is 1. The summed E-state index contributed by atoms with van der Waals surface area (Å²) >= 11 is 0. The van der Waals surface area contributed by atoms with Crippen LogP contribution in [0.3, 0.4) is 0 Å². The van der Waals surface area contributed by atoms with Gasteiger partial charge in [0.1, 0.15) is 17.3 Å². The van der Waals surface area contributed by atoms with Crippen LogP contribution in [0.25, 0.3) is 10.9 Å². The number of nitrogens with zero attached hydrogens (tertiary/aromatic N) is 3. The maximum atomic E-state index is 13.2. The van der Waals surface area contributed by atoms with E-state index in [1.807, 2.05) is 22.7 Å². The number of anilines is 1. The molecule has 3 aromatic rings. The minimum Gasteiger partial charge on any atom is -0.508 e. The smallest absolute Gasteiger partial charge is 0.433 e. The molecule has 0 spiro atoms. The largest absolute Gasteiger partial charge is 0.508 e. The highest BCUT2D eigenvalue weighted by molar-refractivity contribution is 5.92. The molecule has 2 aromatic heterocycles. The first-order chi connectivity index (χ1) is 15.1. The first-order valence-electron chi connectivity index (χ1n) is 10.5. The second-order valence-corrected chi connectivity index (χ2v) is 8.21. The van der Waals surface area contributed by atoms with Crippen LogP contribution in [0.4, 0.5) is 19.0 Å². The molecular formula is C23H25F3N4O2. The van der Waals surface area contributed by atoms with Gasteiger partial charge in [-0.3, -0.25) is 4.79 Å². The number of aromatic nitrogens is 2. The molecule has 0 bridgehead atoms. The molecule has 1 aliphatic rings. The molecule has 3 heterocycles. The summed E-state index contributed by atoms with van der Waals surface area (Å²) < 4.78 is 41.4. The first-order valence-corrected chi connectivity index (χ1v) is 10.5. The molecule has 1 atom stereocenters. The average molecular weight is 446 g/mol. The van der Waals surface area contributed by atoms with Crippen molar-refractivity contribution in [3.8, 4) is 5.75 Å². The monoisotopic (exact) mass is 446 g/mol. The van der Waals surface area contributed by atoms with Crippen molar-refractivity contribution in [1.82, 2.24) is 14.9 Å². The fraction of sp³-hybridized carbons (Fsp3) is 0.391. The summed E-state index contributed by atoms with van der Waals surface area (Å²) in [5, 5.41) is 13.5. The van der Waals surface area contributed by atoms with Gasteiger partial charge in [0.25, 0.3) is 0 Å². The Morgan fingerprint density at radius 1 is 1.22 bits per heavy atom. The Bertz CT molecular complexity index is 1150. The van der Waals surface area contributed by atoms with Crippen LogP contribution in [0.1, 0.15) is 42.5 Å². The van der Waals surface area contributed by atoms with Crippen LogP contribution in [0.2, 0.25) is 0 Å². The number of pyridine rings is 1. The zero-order valence-electron chi connectivity index (χ0n) is 17.9. The van der Waals surface area contributed by atoms with Crippen molar-refractivity contribution >= 4 is 22.6 Å². The number of benzene rings is 1. The molecule has 0 aliphatic carbocycles. The molecule has 0 radical (unpaired) electrons. The van der Waals surface area contributed by atoms with Gasteiger partial charge in [0.05, 0.1) is 5.92 Å². The molecule has 2 N–H and O–H groups in total. The summed E-state index contributed by atoms with van der Waals surface area (Å²) in [5.41, 5.74) is 1.27. The fourth-order valence-electron chi connectivity index (χ4n) is 4.21. The Labute approximate surface area is 183 Å². The zero-order valence-corrected chi connectivity index (χ0v) is 17.9. The highest BCUT2D eigenvalue weighted by atomic mass is 19.4. The van der Waals surface area contributed by atoms with Crippen molar-refractivity contribution in [2.45, 2.75) is 38.4 Å². The van der Waals surface area contributed by atoms with Gasteiger partial charge < -0.3 is 19.9 Å². The van der Waals surface area contributed by atoms with Gasteiger partial charge in [0, 0.05) is 49.3 Å². The maximum absolute atomic E-state index is 13.2. The minimum absolute atomic E-state index is 0.0795. The Morgan fingerprint density at radius 3 is 2.62 bits per heavy atom. The van der Waals surface area contributed by atoms with Crippen LogP contribution in [-0.4, -0.2) is 33.7 Å². The molecule has 0 saturated carbocycles. The predicted molar refractivity (Wildman–Crippen MR) is 116 cm³/mol. The van der Waals surface area contributed by atoms with Crippen LogP contribution in [0.5, 0.6) is 5.75 Å². The number of aromatic hydroxyl groups is 1. The van der Waals surface area contributed by atoms with Crippen molar-refractivity contribution in [3.63, 3.8) is 0 Å². The lowest BCUT2D eigenvalue weighted by Crippen LogP contribution is -2.29. The maximum Gasteiger partial charge on any atom is 0.433 e. The van der Waals surface area contributed by atoms with Crippen molar-refractivity contribution < 1.29 is 23.1 Å². The summed E-state index contributed by atoms with van der Waals surface area (Å²) in [7, 11) is 1.86. The van der Waals surface area contributed by atoms with Gasteiger partial charge in [0.2, 0.25) is 5.91 Å². The first kappa shape index (κ1) is 22.0. The summed E-state index contributed by atoms with van der Waals surface area (Å²) in [6.45, 7) is 3.13. The van der Waals surface area contributed by atoms with E-state index in [1.54, 1.807) is 25.1 Å². The van der Waals surface area contributed by atoms with E-state index in [0.29, 0.717) is 18.7 Å². The van der Waals surface area contributed by atoms with Crippen LogP contribution < -0.4 is 10.2 Å². The Kier molecular flexibility index (Phi) is 5.75. The Hall–Kier alpha value is -3.23. The van der Waals surface area contributed by atoms with Gasteiger partial charge in [-0.2, -0.15) is 13.2 Å². The number of amides is 1. The summed E-state index contributed by atoms with van der Waals surface area (Å²) in [6.07, 6.45) is -0.877. The molecule has 1 saturated heterocycles. The standard InChI is InChI=1S/C23H25F3N4O2/c1-14(18-13-29(2)19-7-6-16(31)11-17(18)19)22(32)27-12-15-5-8-20(23(24,25)26)28-21(15)30-9-3-4-10-30/h5-8,11,13-14,31H,3-4,9-10,12H2,1-2H3,(H,27,32). The molecule has 1 fully saturated rings. The van der Waals surface area contributed by atoms with E-state index in [2.05, 4.69) is 10.3 Å². The van der Waals surface area contributed by atoms with E-state index in [1.165, 1.54) is 6.07 Å². The van der Waals surface area contributed by atoms with Crippen molar-refractivity contribution in [2.75, 3.05) is 18.0 Å². The number of halogens is 3. The summed E-state index contributed by atoms with van der Waals surface area (Å²) in [4.78, 5) is 18.6. The highest BCUT2D eigenvalue weighted by Gasteiger charge is 2.34. The lowest BCUT2D eigenvalue weighted by molar-refractivity contribution is -0.141. The van der Waals surface area contributed by atoms with Gasteiger partial charge in [-0.05, 0) is 49.6 Å². The number of carbonyl (C=O) groups is 1. The van der Waals surface area contributed by atoms with E-state index < -0.39 is 17.8 Å². The highest BCUT2D eigenvalue weighted by Crippen LogP contribution is 2.33. The number of aryl methyl sites for hydroxylation is 1. The lowest BCUT2D eigenvalue weighted by Gasteiger charge is -2.22. The van der Waals surface area contributed by atoms with Gasteiger partial charge in [-0.25, -0.2) is 4.98 Å². The van der Waals surface area contributed by atoms with Crippen LogP contribution in [-0.2, 0) is 24.6 Å². The van der Waals surface area contributed by atoms with Gasteiger partial charge in [-0.15, -0.1) is 0 Å². The number of carbonyl (C=O) groups excluding carboxylic acids is 1. The molecular weight excluding hydrogens is 421 g/mol. The summed E-state index contributed by atoms with van der Waals surface area (Å²) in [6, 6.07) is 7.35.